The first-order chi connectivity index (χ1) is 9.88. The van der Waals surface area contributed by atoms with Crippen molar-refractivity contribution in [1.29, 1.82) is 0 Å². The van der Waals surface area contributed by atoms with Gasteiger partial charge in [0.05, 0.1) is 17.6 Å². The summed E-state index contributed by atoms with van der Waals surface area (Å²) in [6.45, 7) is 1.94. The molecule has 3 N–H and O–H groups in total. The second-order valence-electron chi connectivity index (χ2n) is 4.32. The fraction of sp³-hybridized carbons (Fsp3) is 0.462. The summed E-state index contributed by atoms with van der Waals surface area (Å²) in [5.41, 5.74) is 5.81. The Morgan fingerprint density at radius 3 is 2.62 bits per heavy atom. The number of nitrogens with zero attached hydrogens (tertiary/aromatic N) is 1. The minimum absolute atomic E-state index is 0.0610. The Morgan fingerprint density at radius 1 is 1.43 bits per heavy atom. The number of hydrogen-bond donors (Lipinski definition) is 2. The lowest BCUT2D eigenvalue weighted by Crippen LogP contribution is -2.33. The molecule has 0 aliphatic carbocycles. The number of rotatable bonds is 7. The molecule has 0 saturated heterocycles. The molecule has 0 fully saturated rings. The van der Waals surface area contributed by atoms with E-state index in [0.29, 0.717) is 6.42 Å². The van der Waals surface area contributed by atoms with E-state index < -0.39 is 16.0 Å². The first kappa shape index (κ1) is 17.4. The van der Waals surface area contributed by atoms with Crippen molar-refractivity contribution in [2.45, 2.75) is 18.2 Å². The molecule has 118 valence electrons. The van der Waals surface area contributed by atoms with Crippen molar-refractivity contribution < 1.29 is 23.1 Å². The highest BCUT2D eigenvalue weighted by molar-refractivity contribution is 7.89. The molecule has 8 heteroatoms. The van der Waals surface area contributed by atoms with E-state index in [9.17, 15) is 13.2 Å². The summed E-state index contributed by atoms with van der Waals surface area (Å²) < 4.78 is 31.1. The Labute approximate surface area is 124 Å². The molecule has 0 heterocycles. The number of hydrogen-bond acceptors (Lipinski definition) is 6. The van der Waals surface area contributed by atoms with Crippen molar-refractivity contribution in [3.8, 4) is 0 Å². The summed E-state index contributed by atoms with van der Waals surface area (Å²) in [5, 5.41) is 8.86. The van der Waals surface area contributed by atoms with Gasteiger partial charge in [-0.1, -0.05) is 6.92 Å². The SMILES string of the molecule is CCN(CCCO)S(=O)(=O)c1cc(N)ccc1C(=O)OC. The zero-order chi connectivity index (χ0) is 16.0. The van der Waals surface area contributed by atoms with E-state index in [1.165, 1.54) is 29.6 Å². The molecule has 0 aliphatic rings. The number of nitrogens with two attached hydrogens (primary N) is 1. The number of ether oxygens (including phenoxy) is 1. The number of benzene rings is 1. The van der Waals surface area contributed by atoms with Crippen LogP contribution in [0.1, 0.15) is 23.7 Å². The van der Waals surface area contributed by atoms with Crippen LogP contribution in [0.5, 0.6) is 0 Å². The minimum atomic E-state index is -3.89. The van der Waals surface area contributed by atoms with E-state index >= 15 is 0 Å². The predicted molar refractivity (Wildman–Crippen MR) is 78.3 cm³/mol. The Morgan fingerprint density at radius 2 is 2.10 bits per heavy atom. The fourth-order valence-electron chi connectivity index (χ4n) is 1.87. The number of esters is 1. The van der Waals surface area contributed by atoms with Gasteiger partial charge in [-0.3, -0.25) is 0 Å². The lowest BCUT2D eigenvalue weighted by molar-refractivity contribution is 0.0596. The molecule has 21 heavy (non-hydrogen) atoms. The van der Waals surface area contributed by atoms with Crippen LogP contribution < -0.4 is 5.73 Å². The van der Waals surface area contributed by atoms with Gasteiger partial charge < -0.3 is 15.6 Å². The number of aliphatic hydroxyl groups excluding tert-OH is 1. The molecule has 1 aromatic rings. The summed E-state index contributed by atoms with van der Waals surface area (Å²) in [7, 11) is -2.71. The quantitative estimate of drug-likeness (QED) is 0.558. The lowest BCUT2D eigenvalue weighted by atomic mass is 10.2. The molecule has 7 nitrogen and oxygen atoms in total. The third-order valence-electron chi connectivity index (χ3n) is 2.95. The molecule has 0 unspecified atom stereocenters. The maximum Gasteiger partial charge on any atom is 0.339 e. The van der Waals surface area contributed by atoms with E-state index in [4.69, 9.17) is 10.8 Å². The average Bonchev–Trinajstić information content (AvgIpc) is 2.47. The van der Waals surface area contributed by atoms with Crippen molar-refractivity contribution >= 4 is 21.7 Å². The molecular weight excluding hydrogens is 296 g/mol. The summed E-state index contributed by atoms with van der Waals surface area (Å²) >= 11 is 0. The van der Waals surface area contributed by atoms with Gasteiger partial charge in [0.25, 0.3) is 0 Å². The van der Waals surface area contributed by atoms with Crippen LogP contribution >= 0.6 is 0 Å². The van der Waals surface area contributed by atoms with E-state index in [1.807, 2.05) is 0 Å². The average molecular weight is 316 g/mol. The fourth-order valence-corrected chi connectivity index (χ4v) is 3.57. The van der Waals surface area contributed by atoms with Crippen LogP contribution in [0.15, 0.2) is 23.1 Å². The van der Waals surface area contributed by atoms with Crippen LogP contribution in [0.4, 0.5) is 5.69 Å². The molecule has 0 bridgehead atoms. The van der Waals surface area contributed by atoms with Crippen molar-refractivity contribution in [2.75, 3.05) is 32.5 Å². The van der Waals surface area contributed by atoms with Gasteiger partial charge in [0.1, 0.15) is 0 Å². The van der Waals surface area contributed by atoms with Crippen molar-refractivity contribution in [1.82, 2.24) is 4.31 Å². The van der Waals surface area contributed by atoms with E-state index in [1.54, 1.807) is 6.92 Å². The minimum Gasteiger partial charge on any atom is -0.465 e. The highest BCUT2D eigenvalue weighted by Gasteiger charge is 2.28. The lowest BCUT2D eigenvalue weighted by Gasteiger charge is -2.21. The van der Waals surface area contributed by atoms with Gasteiger partial charge in [-0.25, -0.2) is 13.2 Å². The number of carbonyl (C=O) groups excluding carboxylic acids is 1. The molecular formula is C13H20N2O5S. The van der Waals surface area contributed by atoms with Gasteiger partial charge in [-0.15, -0.1) is 0 Å². The second kappa shape index (κ2) is 7.39. The van der Waals surface area contributed by atoms with Crippen LogP contribution in [0.25, 0.3) is 0 Å². The molecule has 0 atom stereocenters. The third-order valence-corrected chi connectivity index (χ3v) is 4.96. The number of aliphatic hydroxyl groups is 1. The number of anilines is 1. The van der Waals surface area contributed by atoms with Crippen molar-refractivity contribution in [3.05, 3.63) is 23.8 Å². The predicted octanol–water partition coefficient (Wildman–Crippen LogP) is 0.448. The maximum atomic E-state index is 12.6. The Hall–Kier alpha value is -1.64. The molecule has 0 saturated carbocycles. The van der Waals surface area contributed by atoms with Crippen molar-refractivity contribution in [2.24, 2.45) is 0 Å². The van der Waals surface area contributed by atoms with Crippen LogP contribution in [0.2, 0.25) is 0 Å². The van der Waals surface area contributed by atoms with Crippen LogP contribution in [-0.4, -0.2) is 50.6 Å². The van der Waals surface area contributed by atoms with E-state index in [-0.39, 0.29) is 35.8 Å². The summed E-state index contributed by atoms with van der Waals surface area (Å²) in [6.07, 6.45) is 0.308. The first-order valence-electron chi connectivity index (χ1n) is 6.47. The summed E-state index contributed by atoms with van der Waals surface area (Å²) in [6, 6.07) is 4.01. The number of nitrogen functional groups attached to an aromatic ring is 1. The molecule has 1 aromatic carbocycles. The standard InChI is InChI=1S/C13H20N2O5S/c1-3-15(7-4-8-16)21(18,19)12-9-10(14)5-6-11(12)13(17)20-2/h5-6,9,16H,3-4,7-8,14H2,1-2H3. The monoisotopic (exact) mass is 316 g/mol. The molecule has 1 rings (SSSR count). The van der Waals surface area contributed by atoms with Gasteiger partial charge in [0.2, 0.25) is 10.0 Å². The number of sulfonamides is 1. The van der Waals surface area contributed by atoms with Gasteiger partial charge in [-0.2, -0.15) is 4.31 Å². The maximum absolute atomic E-state index is 12.6. The molecule has 0 amide bonds. The zero-order valence-corrected chi connectivity index (χ0v) is 12.9. The highest BCUT2D eigenvalue weighted by Crippen LogP contribution is 2.23. The zero-order valence-electron chi connectivity index (χ0n) is 12.1. The van der Waals surface area contributed by atoms with Crippen LogP contribution in [-0.2, 0) is 14.8 Å². The Kier molecular flexibility index (Phi) is 6.13. The Bertz CT molecular complexity index is 601. The summed E-state index contributed by atoms with van der Waals surface area (Å²) in [4.78, 5) is 11.5. The topological polar surface area (TPSA) is 110 Å². The largest absolute Gasteiger partial charge is 0.465 e. The second-order valence-corrected chi connectivity index (χ2v) is 6.23. The smallest absolute Gasteiger partial charge is 0.339 e. The molecule has 0 spiro atoms. The summed E-state index contributed by atoms with van der Waals surface area (Å²) in [5.74, 6) is -0.744. The van der Waals surface area contributed by atoms with Gasteiger partial charge in [0.15, 0.2) is 0 Å². The van der Waals surface area contributed by atoms with Gasteiger partial charge in [0, 0.05) is 25.4 Å². The normalized spacial score (nSPS) is 11.6. The molecule has 0 radical (unpaired) electrons. The number of methoxy groups -OCH3 is 1. The molecule has 0 aliphatic heterocycles. The van der Waals surface area contributed by atoms with E-state index in [2.05, 4.69) is 4.74 Å². The number of carbonyl (C=O) groups is 1. The molecule has 0 aromatic heterocycles. The van der Waals surface area contributed by atoms with Gasteiger partial charge in [-0.05, 0) is 24.6 Å². The van der Waals surface area contributed by atoms with Gasteiger partial charge >= 0.3 is 5.97 Å². The highest BCUT2D eigenvalue weighted by atomic mass is 32.2. The van der Waals surface area contributed by atoms with Crippen LogP contribution in [0, 0.1) is 0 Å². The van der Waals surface area contributed by atoms with Crippen molar-refractivity contribution in [3.63, 3.8) is 0 Å². The van der Waals surface area contributed by atoms with Crippen LogP contribution in [0.3, 0.4) is 0 Å². The Balaban J connectivity index is 3.35. The van der Waals surface area contributed by atoms with E-state index in [0.717, 1.165) is 0 Å². The first-order valence-corrected chi connectivity index (χ1v) is 7.91. The third kappa shape index (κ3) is 3.93.